The zero-order valence-electron chi connectivity index (χ0n) is 10.5. The number of hydrogen-bond donors (Lipinski definition) is 1. The fourth-order valence-electron chi connectivity index (χ4n) is 1.95. The molecule has 0 saturated heterocycles. The number of nitrogens with two attached hydrogens (primary N) is 1. The highest BCUT2D eigenvalue weighted by Gasteiger charge is 2.20. The Labute approximate surface area is 138 Å². The predicted molar refractivity (Wildman–Crippen MR) is 85.8 cm³/mol. The number of rotatable bonds is 3. The standard InChI is InChI=1S/C14H11Br2ClFNO/c1-20-14-10(4-7(17)5-12(14)16)13(19)9-6-8(18)2-3-11(9)15/h2-6,13H,19H2,1H3. The second-order valence-corrected chi connectivity index (χ2v) is 6.30. The second-order valence-electron chi connectivity index (χ2n) is 4.15. The lowest BCUT2D eigenvalue weighted by Crippen LogP contribution is -2.14. The minimum atomic E-state index is -0.565. The molecular weight excluding hydrogens is 412 g/mol. The van der Waals surface area contributed by atoms with Gasteiger partial charge >= 0.3 is 0 Å². The lowest BCUT2D eigenvalue weighted by Gasteiger charge is -2.19. The van der Waals surface area contributed by atoms with E-state index in [1.165, 1.54) is 12.1 Å². The molecule has 0 aliphatic rings. The zero-order chi connectivity index (χ0) is 14.9. The molecule has 1 unspecified atom stereocenters. The van der Waals surface area contributed by atoms with Gasteiger partial charge in [-0.3, -0.25) is 0 Å². The van der Waals surface area contributed by atoms with Crippen LogP contribution in [-0.4, -0.2) is 7.11 Å². The van der Waals surface area contributed by atoms with Crippen molar-refractivity contribution in [3.05, 3.63) is 61.2 Å². The van der Waals surface area contributed by atoms with Crippen molar-refractivity contribution in [2.24, 2.45) is 5.73 Å². The van der Waals surface area contributed by atoms with Crippen molar-refractivity contribution in [2.75, 3.05) is 7.11 Å². The molecule has 0 heterocycles. The first-order valence-electron chi connectivity index (χ1n) is 5.67. The van der Waals surface area contributed by atoms with Crippen LogP contribution in [0.3, 0.4) is 0 Å². The Hall–Kier alpha value is -0.620. The summed E-state index contributed by atoms with van der Waals surface area (Å²) in [6, 6.07) is 7.25. The number of hydrogen-bond acceptors (Lipinski definition) is 2. The van der Waals surface area contributed by atoms with E-state index in [1.807, 2.05) is 0 Å². The highest BCUT2D eigenvalue weighted by molar-refractivity contribution is 9.10. The Balaban J connectivity index is 2.58. The Kier molecular flexibility index (Phi) is 5.07. The molecular formula is C14H11Br2ClFNO. The Bertz CT molecular complexity index is 651. The Morgan fingerprint density at radius 1 is 1.15 bits per heavy atom. The molecule has 0 bridgehead atoms. The molecule has 0 fully saturated rings. The number of halogens is 4. The van der Waals surface area contributed by atoms with Crippen LogP contribution in [0.5, 0.6) is 5.75 Å². The van der Waals surface area contributed by atoms with Crippen molar-refractivity contribution in [1.29, 1.82) is 0 Å². The van der Waals surface area contributed by atoms with E-state index in [0.717, 1.165) is 4.47 Å². The zero-order valence-corrected chi connectivity index (χ0v) is 14.4. The van der Waals surface area contributed by atoms with Crippen molar-refractivity contribution >= 4 is 43.5 Å². The fraction of sp³-hybridized carbons (Fsp3) is 0.143. The predicted octanol–water partition coefficient (Wildman–Crippen LogP) is 5.06. The van der Waals surface area contributed by atoms with Crippen LogP contribution in [0.4, 0.5) is 4.39 Å². The molecule has 0 aromatic heterocycles. The molecule has 20 heavy (non-hydrogen) atoms. The SMILES string of the molecule is COc1c(Br)cc(Cl)cc1C(N)c1cc(F)ccc1Br. The summed E-state index contributed by atoms with van der Waals surface area (Å²) < 4.78 is 20.2. The van der Waals surface area contributed by atoms with Gasteiger partial charge in [-0.05, 0) is 51.8 Å². The van der Waals surface area contributed by atoms with Gasteiger partial charge in [0.25, 0.3) is 0 Å². The summed E-state index contributed by atoms with van der Waals surface area (Å²) in [5.41, 5.74) is 7.55. The summed E-state index contributed by atoms with van der Waals surface area (Å²) in [5.74, 6) is 0.233. The maximum absolute atomic E-state index is 13.4. The largest absolute Gasteiger partial charge is 0.495 e. The van der Waals surface area contributed by atoms with Gasteiger partial charge in [-0.25, -0.2) is 4.39 Å². The summed E-state index contributed by atoms with van der Waals surface area (Å²) in [4.78, 5) is 0. The fourth-order valence-corrected chi connectivity index (χ4v) is 3.44. The van der Waals surface area contributed by atoms with Gasteiger partial charge in [0, 0.05) is 15.1 Å². The molecule has 1 atom stereocenters. The molecule has 0 amide bonds. The Morgan fingerprint density at radius 3 is 2.50 bits per heavy atom. The maximum Gasteiger partial charge on any atom is 0.138 e. The molecule has 0 saturated carbocycles. The van der Waals surface area contributed by atoms with E-state index in [4.69, 9.17) is 22.1 Å². The summed E-state index contributed by atoms with van der Waals surface area (Å²) in [7, 11) is 1.55. The number of methoxy groups -OCH3 is 1. The summed E-state index contributed by atoms with van der Waals surface area (Å²) in [5, 5.41) is 0.524. The van der Waals surface area contributed by atoms with Gasteiger partial charge in [0.1, 0.15) is 11.6 Å². The quantitative estimate of drug-likeness (QED) is 0.749. The molecule has 0 radical (unpaired) electrons. The van der Waals surface area contributed by atoms with Crippen LogP contribution >= 0.6 is 43.5 Å². The molecule has 0 spiro atoms. The summed E-state index contributed by atoms with van der Waals surface area (Å²) in [6.07, 6.45) is 0. The van der Waals surface area contributed by atoms with Crippen molar-refractivity contribution < 1.29 is 9.13 Å². The molecule has 0 aliphatic heterocycles. The van der Waals surface area contributed by atoms with Crippen molar-refractivity contribution in [3.8, 4) is 5.75 Å². The molecule has 2 rings (SSSR count). The third-order valence-electron chi connectivity index (χ3n) is 2.87. The molecule has 2 nitrogen and oxygen atoms in total. The van der Waals surface area contributed by atoms with E-state index in [1.54, 1.807) is 25.3 Å². The first kappa shape index (κ1) is 15.8. The van der Waals surface area contributed by atoms with Crippen LogP contribution < -0.4 is 10.5 Å². The summed E-state index contributed by atoms with van der Waals surface area (Å²) >= 11 is 12.8. The van der Waals surface area contributed by atoms with E-state index < -0.39 is 6.04 Å². The van der Waals surface area contributed by atoms with Crippen LogP contribution in [0.1, 0.15) is 17.2 Å². The van der Waals surface area contributed by atoms with Crippen molar-refractivity contribution in [1.82, 2.24) is 0 Å². The molecule has 106 valence electrons. The van der Waals surface area contributed by atoms with Gasteiger partial charge in [0.2, 0.25) is 0 Å². The van der Waals surface area contributed by atoms with Gasteiger partial charge < -0.3 is 10.5 Å². The van der Waals surface area contributed by atoms with Crippen LogP contribution in [0.15, 0.2) is 39.3 Å². The van der Waals surface area contributed by atoms with E-state index in [-0.39, 0.29) is 5.82 Å². The summed E-state index contributed by atoms with van der Waals surface area (Å²) in [6.45, 7) is 0. The van der Waals surface area contributed by atoms with E-state index in [9.17, 15) is 4.39 Å². The average Bonchev–Trinajstić information content (AvgIpc) is 2.40. The highest BCUT2D eigenvalue weighted by Crippen LogP contribution is 2.38. The van der Waals surface area contributed by atoms with Crippen LogP contribution in [0.25, 0.3) is 0 Å². The van der Waals surface area contributed by atoms with Gasteiger partial charge in [0.15, 0.2) is 0 Å². The smallest absolute Gasteiger partial charge is 0.138 e. The molecule has 6 heteroatoms. The number of benzene rings is 2. The first-order valence-corrected chi connectivity index (χ1v) is 7.64. The van der Waals surface area contributed by atoms with E-state index in [2.05, 4.69) is 31.9 Å². The minimum Gasteiger partial charge on any atom is -0.495 e. The molecule has 0 aliphatic carbocycles. The Morgan fingerprint density at radius 2 is 1.85 bits per heavy atom. The lowest BCUT2D eigenvalue weighted by atomic mass is 9.98. The second kappa shape index (κ2) is 6.43. The third kappa shape index (κ3) is 3.17. The highest BCUT2D eigenvalue weighted by atomic mass is 79.9. The van der Waals surface area contributed by atoms with Gasteiger partial charge in [-0.1, -0.05) is 27.5 Å². The van der Waals surface area contributed by atoms with Gasteiger partial charge in [0.05, 0.1) is 17.6 Å². The monoisotopic (exact) mass is 421 g/mol. The third-order valence-corrected chi connectivity index (χ3v) is 4.40. The molecule has 2 aromatic rings. The topological polar surface area (TPSA) is 35.2 Å². The number of ether oxygens (including phenoxy) is 1. The van der Waals surface area contributed by atoms with E-state index in [0.29, 0.717) is 26.4 Å². The van der Waals surface area contributed by atoms with Gasteiger partial charge in [-0.2, -0.15) is 0 Å². The van der Waals surface area contributed by atoms with Crippen molar-refractivity contribution in [3.63, 3.8) is 0 Å². The van der Waals surface area contributed by atoms with Crippen LogP contribution in [0, 0.1) is 5.82 Å². The normalized spacial score (nSPS) is 12.3. The van der Waals surface area contributed by atoms with Crippen LogP contribution in [0.2, 0.25) is 5.02 Å². The molecule has 2 aromatic carbocycles. The van der Waals surface area contributed by atoms with Crippen molar-refractivity contribution in [2.45, 2.75) is 6.04 Å². The van der Waals surface area contributed by atoms with Gasteiger partial charge in [-0.15, -0.1) is 0 Å². The van der Waals surface area contributed by atoms with Crippen LogP contribution in [-0.2, 0) is 0 Å². The average molecular weight is 424 g/mol. The van der Waals surface area contributed by atoms with E-state index >= 15 is 0 Å². The lowest BCUT2D eigenvalue weighted by molar-refractivity contribution is 0.405. The maximum atomic E-state index is 13.4. The molecule has 2 N–H and O–H groups in total. The first-order chi connectivity index (χ1) is 9.43. The minimum absolute atomic E-state index is 0.348.